The van der Waals surface area contributed by atoms with Crippen LogP contribution in [0.4, 0.5) is 8.78 Å². The molecule has 5 heteroatoms. The van der Waals surface area contributed by atoms with E-state index in [4.69, 9.17) is 11.6 Å². The van der Waals surface area contributed by atoms with Crippen molar-refractivity contribution in [2.24, 2.45) is 0 Å². The molecular weight excluding hydrogens is 162 g/mol. The maximum Gasteiger partial charge on any atom is 0.321 e. The van der Waals surface area contributed by atoms with Crippen molar-refractivity contribution in [3.05, 3.63) is 17.2 Å². The van der Waals surface area contributed by atoms with Crippen LogP contribution in [-0.4, -0.2) is 9.55 Å². The quantitative estimate of drug-likeness (QED) is 0.626. The van der Waals surface area contributed by atoms with Gasteiger partial charge in [-0.1, -0.05) is 11.6 Å². The Bertz CT molecular complexity index is 214. The highest BCUT2D eigenvalue weighted by molar-refractivity contribution is 6.29. The molecule has 1 aromatic rings. The molecule has 0 radical (unpaired) electrons. The summed E-state index contributed by atoms with van der Waals surface area (Å²) in [6.07, 6.45) is 1.20. The molecule has 0 aliphatic carbocycles. The molecule has 0 fully saturated rings. The van der Waals surface area contributed by atoms with Gasteiger partial charge in [0.15, 0.2) is 0 Å². The summed E-state index contributed by atoms with van der Waals surface area (Å²) in [6, 6.07) is 0. The van der Waals surface area contributed by atoms with E-state index in [0.29, 0.717) is 4.57 Å². The van der Waals surface area contributed by atoms with Gasteiger partial charge in [-0.15, -0.1) is 0 Å². The van der Waals surface area contributed by atoms with Crippen LogP contribution in [0, 0.1) is 6.92 Å². The maximum absolute atomic E-state index is 12.0. The van der Waals surface area contributed by atoms with E-state index in [-0.39, 0.29) is 11.0 Å². The van der Waals surface area contributed by atoms with Crippen LogP contribution in [0.1, 0.15) is 12.4 Å². The lowest BCUT2D eigenvalue weighted by Gasteiger charge is -2.02. The number of nitrogens with zero attached hydrogens (tertiary/aromatic N) is 2. The number of alkyl halides is 2. The Balaban J connectivity index is 3.10. The molecule has 1 heterocycles. The Morgan fingerprint density at radius 3 is 2.50 bits per heavy atom. The highest BCUT2D eigenvalue weighted by Crippen LogP contribution is 2.19. The monoisotopic (exact) mass is 166 g/mol. The summed E-state index contributed by atoms with van der Waals surface area (Å²) in [5.41, 5.74) is 0. The molecule has 56 valence electrons. The van der Waals surface area contributed by atoms with Crippen molar-refractivity contribution in [1.82, 2.24) is 9.55 Å². The van der Waals surface area contributed by atoms with Gasteiger partial charge < -0.3 is 0 Å². The Hall–Kier alpha value is -0.640. The van der Waals surface area contributed by atoms with Crippen molar-refractivity contribution in [3.8, 4) is 0 Å². The molecule has 0 bridgehead atoms. The van der Waals surface area contributed by atoms with Crippen molar-refractivity contribution in [2.75, 3.05) is 0 Å². The van der Waals surface area contributed by atoms with Gasteiger partial charge in [-0.2, -0.15) is 8.78 Å². The van der Waals surface area contributed by atoms with E-state index in [9.17, 15) is 8.78 Å². The highest BCUT2D eigenvalue weighted by atomic mass is 35.5. The third-order valence-electron chi connectivity index (χ3n) is 1.13. The second-order valence-electron chi connectivity index (χ2n) is 1.78. The molecule has 0 aliphatic rings. The molecule has 0 saturated carbocycles. The first-order valence-corrected chi connectivity index (χ1v) is 2.98. The van der Waals surface area contributed by atoms with Crippen LogP contribution in [0.3, 0.4) is 0 Å². The van der Waals surface area contributed by atoms with Gasteiger partial charge in [0.25, 0.3) is 0 Å². The predicted octanol–water partition coefficient (Wildman–Crippen LogP) is 2.24. The lowest BCUT2D eigenvalue weighted by molar-refractivity contribution is 0.0683. The van der Waals surface area contributed by atoms with Gasteiger partial charge in [0, 0.05) is 0 Å². The smallest absolute Gasteiger partial charge is 0.261 e. The van der Waals surface area contributed by atoms with E-state index in [2.05, 4.69) is 4.98 Å². The van der Waals surface area contributed by atoms with Gasteiger partial charge in [-0.3, -0.25) is 4.57 Å². The second-order valence-corrected chi connectivity index (χ2v) is 2.16. The van der Waals surface area contributed by atoms with Crippen LogP contribution in [0.25, 0.3) is 0 Å². The summed E-state index contributed by atoms with van der Waals surface area (Å²) in [7, 11) is 0. The van der Waals surface area contributed by atoms with E-state index in [1.165, 1.54) is 13.1 Å². The minimum atomic E-state index is -2.60. The van der Waals surface area contributed by atoms with Gasteiger partial charge in [-0.25, -0.2) is 4.98 Å². The van der Waals surface area contributed by atoms with Crippen LogP contribution in [0.5, 0.6) is 0 Å². The standard InChI is InChI=1S/C5H5ClF2N2/c1-3-9-2-4(6)10(3)5(7)8/h2,5H,1H3. The fourth-order valence-corrected chi connectivity index (χ4v) is 0.905. The van der Waals surface area contributed by atoms with Gasteiger partial charge in [0.2, 0.25) is 0 Å². The van der Waals surface area contributed by atoms with Crippen molar-refractivity contribution in [1.29, 1.82) is 0 Å². The third kappa shape index (κ3) is 1.11. The Kier molecular flexibility index (Phi) is 1.89. The van der Waals surface area contributed by atoms with Crippen molar-refractivity contribution < 1.29 is 8.78 Å². The molecule has 0 aliphatic heterocycles. The predicted molar refractivity (Wildman–Crippen MR) is 33.2 cm³/mol. The van der Waals surface area contributed by atoms with Gasteiger partial charge in [0.05, 0.1) is 6.20 Å². The Labute approximate surface area is 61.4 Å². The number of aromatic nitrogens is 2. The minimum absolute atomic E-state index is 0.0347. The Morgan fingerprint density at radius 2 is 2.30 bits per heavy atom. The summed E-state index contributed by atoms with van der Waals surface area (Å²) in [5.74, 6) is 0.222. The first kappa shape index (κ1) is 7.47. The van der Waals surface area contributed by atoms with Crippen molar-refractivity contribution in [3.63, 3.8) is 0 Å². The molecule has 0 aromatic carbocycles. The number of hydrogen-bond acceptors (Lipinski definition) is 1. The normalized spacial score (nSPS) is 10.9. The summed E-state index contributed by atoms with van der Waals surface area (Å²) >= 11 is 5.36. The second kappa shape index (κ2) is 2.54. The van der Waals surface area contributed by atoms with Crippen molar-refractivity contribution >= 4 is 11.6 Å². The number of rotatable bonds is 1. The highest BCUT2D eigenvalue weighted by Gasteiger charge is 2.12. The van der Waals surface area contributed by atoms with Gasteiger partial charge in [-0.05, 0) is 6.92 Å². The Morgan fingerprint density at radius 1 is 1.70 bits per heavy atom. The molecule has 2 nitrogen and oxygen atoms in total. The first-order valence-electron chi connectivity index (χ1n) is 2.60. The van der Waals surface area contributed by atoms with E-state index in [1.807, 2.05) is 0 Å². The first-order chi connectivity index (χ1) is 4.63. The summed E-state index contributed by atoms with van der Waals surface area (Å²) in [4.78, 5) is 3.59. The lowest BCUT2D eigenvalue weighted by atomic mass is 10.7. The number of imidazole rings is 1. The largest absolute Gasteiger partial charge is 0.321 e. The van der Waals surface area contributed by atoms with Crippen molar-refractivity contribution in [2.45, 2.75) is 13.5 Å². The zero-order valence-corrected chi connectivity index (χ0v) is 5.94. The molecule has 0 saturated heterocycles. The van der Waals surface area contributed by atoms with Crippen LogP contribution in [0.2, 0.25) is 5.15 Å². The number of hydrogen-bond donors (Lipinski definition) is 0. The average Bonchev–Trinajstić information content (AvgIpc) is 2.11. The fourth-order valence-electron chi connectivity index (χ4n) is 0.660. The molecule has 0 atom stereocenters. The van der Waals surface area contributed by atoms with E-state index < -0.39 is 6.55 Å². The van der Waals surface area contributed by atoms with E-state index in [0.717, 1.165) is 0 Å². The molecular formula is C5H5ClF2N2. The van der Waals surface area contributed by atoms with Crippen LogP contribution >= 0.6 is 11.6 Å². The van der Waals surface area contributed by atoms with E-state index >= 15 is 0 Å². The van der Waals surface area contributed by atoms with Crippen LogP contribution in [-0.2, 0) is 0 Å². The molecule has 0 N–H and O–H groups in total. The summed E-state index contributed by atoms with van der Waals surface area (Å²) in [5, 5.41) is -0.0347. The number of halogens is 3. The summed E-state index contributed by atoms with van der Waals surface area (Å²) < 4.78 is 24.6. The topological polar surface area (TPSA) is 17.8 Å². The number of aryl methyl sites for hydroxylation is 1. The molecule has 0 amide bonds. The molecule has 1 rings (SSSR count). The fraction of sp³-hybridized carbons (Fsp3) is 0.400. The zero-order chi connectivity index (χ0) is 7.72. The maximum atomic E-state index is 12.0. The van der Waals surface area contributed by atoms with E-state index in [1.54, 1.807) is 0 Å². The van der Waals surface area contributed by atoms with Gasteiger partial charge in [0.1, 0.15) is 11.0 Å². The molecule has 1 aromatic heterocycles. The molecule has 0 spiro atoms. The van der Waals surface area contributed by atoms with Gasteiger partial charge >= 0.3 is 6.55 Å². The van der Waals surface area contributed by atoms with Crippen LogP contribution in [0.15, 0.2) is 6.20 Å². The third-order valence-corrected chi connectivity index (χ3v) is 1.41. The average molecular weight is 167 g/mol. The summed E-state index contributed by atoms with van der Waals surface area (Å²) in [6.45, 7) is -1.13. The SMILES string of the molecule is Cc1ncc(Cl)n1C(F)F. The molecule has 0 unspecified atom stereocenters. The lowest BCUT2D eigenvalue weighted by Crippen LogP contribution is -2.00. The van der Waals surface area contributed by atoms with Crippen LogP contribution < -0.4 is 0 Å². The zero-order valence-electron chi connectivity index (χ0n) is 5.18. The molecule has 10 heavy (non-hydrogen) atoms. The minimum Gasteiger partial charge on any atom is -0.261 e.